The number of rotatable bonds is 5. The van der Waals surface area contributed by atoms with E-state index < -0.39 is 24.5 Å². The van der Waals surface area contributed by atoms with E-state index in [0.29, 0.717) is 11.5 Å². The van der Waals surface area contributed by atoms with Crippen molar-refractivity contribution in [3.63, 3.8) is 0 Å². The molecule has 1 heterocycles. The summed E-state index contributed by atoms with van der Waals surface area (Å²) in [6.45, 7) is 3.06. The first kappa shape index (κ1) is 17.3. The Bertz CT molecular complexity index is 737. The zero-order valence-electron chi connectivity index (χ0n) is 13.4. The van der Waals surface area contributed by atoms with E-state index in [1.54, 1.807) is 13.8 Å². The van der Waals surface area contributed by atoms with Crippen LogP contribution in [0.15, 0.2) is 40.8 Å². The monoisotopic (exact) mass is 330 g/mol. The molecule has 2 aromatic rings. The summed E-state index contributed by atoms with van der Waals surface area (Å²) in [5, 5.41) is 4.62. The number of esters is 1. The van der Waals surface area contributed by atoms with Crippen LogP contribution in [-0.4, -0.2) is 24.5 Å². The van der Waals surface area contributed by atoms with E-state index in [9.17, 15) is 14.4 Å². The fraction of sp³-hybridized carbons (Fsp3) is 0.235. The van der Waals surface area contributed by atoms with E-state index in [1.165, 1.54) is 6.07 Å². The van der Waals surface area contributed by atoms with E-state index in [-0.39, 0.29) is 12.1 Å². The second-order valence-electron chi connectivity index (χ2n) is 5.12. The van der Waals surface area contributed by atoms with Crippen LogP contribution in [0.3, 0.4) is 0 Å². The van der Waals surface area contributed by atoms with E-state index in [2.05, 4.69) is 10.6 Å². The number of hydrogen-bond donors (Lipinski definition) is 2. The molecule has 0 aliphatic heterocycles. The molecule has 7 nitrogen and oxygen atoms in total. The highest BCUT2D eigenvalue weighted by Gasteiger charge is 2.17. The molecule has 0 aliphatic carbocycles. The molecule has 7 heteroatoms. The highest BCUT2D eigenvalue weighted by Crippen LogP contribution is 2.14. The normalized spacial score (nSPS) is 10.1. The molecule has 0 bridgehead atoms. The molecule has 24 heavy (non-hydrogen) atoms. The minimum absolute atomic E-state index is 0.258. The van der Waals surface area contributed by atoms with Gasteiger partial charge in [0.2, 0.25) is 0 Å². The Hall–Kier alpha value is -3.09. The number of ether oxygens (including phenoxy) is 1. The van der Waals surface area contributed by atoms with Gasteiger partial charge in [-0.3, -0.25) is 10.1 Å². The second kappa shape index (κ2) is 7.96. The largest absolute Gasteiger partial charge is 0.466 e. The van der Waals surface area contributed by atoms with Gasteiger partial charge in [0, 0.05) is 6.54 Å². The molecule has 0 aliphatic rings. The molecule has 2 rings (SSSR count). The number of carbonyl (C=O) groups is 3. The van der Waals surface area contributed by atoms with E-state index >= 15 is 0 Å². The highest BCUT2D eigenvalue weighted by molar-refractivity contribution is 5.97. The summed E-state index contributed by atoms with van der Waals surface area (Å²) < 4.78 is 10.1. The van der Waals surface area contributed by atoms with Crippen molar-refractivity contribution in [1.82, 2.24) is 10.6 Å². The van der Waals surface area contributed by atoms with Gasteiger partial charge in [-0.1, -0.05) is 30.3 Å². The maximum absolute atomic E-state index is 11.8. The zero-order chi connectivity index (χ0) is 17.5. The van der Waals surface area contributed by atoms with Crippen molar-refractivity contribution < 1.29 is 23.5 Å². The van der Waals surface area contributed by atoms with Crippen LogP contribution in [0.5, 0.6) is 0 Å². The van der Waals surface area contributed by atoms with E-state index in [1.807, 2.05) is 30.3 Å². The average molecular weight is 330 g/mol. The van der Waals surface area contributed by atoms with E-state index in [4.69, 9.17) is 9.15 Å². The standard InChI is InChI=1S/C17H18N2O5/c1-11-8-14(12(2)24-11)16(21)23-10-15(20)19-17(22)18-9-13-6-4-3-5-7-13/h3-8H,9-10H2,1-2H3,(H2,18,19,20,22). The molecule has 3 amide bonds. The molecule has 0 fully saturated rings. The third-order valence-electron chi connectivity index (χ3n) is 3.14. The Morgan fingerprint density at radius 1 is 1.12 bits per heavy atom. The number of carbonyl (C=O) groups excluding carboxylic acids is 3. The number of imide groups is 1. The van der Waals surface area contributed by atoms with Crippen molar-refractivity contribution in [2.75, 3.05) is 6.61 Å². The third-order valence-corrected chi connectivity index (χ3v) is 3.14. The van der Waals surface area contributed by atoms with Gasteiger partial charge < -0.3 is 14.5 Å². The zero-order valence-corrected chi connectivity index (χ0v) is 13.4. The van der Waals surface area contributed by atoms with Crippen molar-refractivity contribution >= 4 is 17.9 Å². The third kappa shape index (κ3) is 4.98. The molecule has 1 aromatic heterocycles. The van der Waals surface area contributed by atoms with Crippen LogP contribution >= 0.6 is 0 Å². The van der Waals surface area contributed by atoms with Gasteiger partial charge in [0.15, 0.2) is 6.61 Å². The van der Waals surface area contributed by atoms with E-state index in [0.717, 1.165) is 5.56 Å². The fourth-order valence-electron chi connectivity index (χ4n) is 2.03. The summed E-state index contributed by atoms with van der Waals surface area (Å²) in [5.74, 6) is -0.404. The average Bonchev–Trinajstić information content (AvgIpc) is 2.90. The van der Waals surface area contributed by atoms with Crippen LogP contribution in [0.1, 0.15) is 27.4 Å². The second-order valence-corrected chi connectivity index (χ2v) is 5.12. The smallest absolute Gasteiger partial charge is 0.342 e. The van der Waals surface area contributed by atoms with Crippen molar-refractivity contribution in [1.29, 1.82) is 0 Å². The van der Waals surface area contributed by atoms with Gasteiger partial charge in [-0.25, -0.2) is 9.59 Å². The van der Waals surface area contributed by atoms with Crippen LogP contribution in [0.2, 0.25) is 0 Å². The van der Waals surface area contributed by atoms with Crippen molar-refractivity contribution in [2.45, 2.75) is 20.4 Å². The highest BCUT2D eigenvalue weighted by atomic mass is 16.5. The molecular formula is C17H18N2O5. The van der Waals surface area contributed by atoms with Crippen LogP contribution < -0.4 is 10.6 Å². The van der Waals surface area contributed by atoms with Crippen molar-refractivity contribution in [2.24, 2.45) is 0 Å². The molecule has 126 valence electrons. The summed E-state index contributed by atoms with van der Waals surface area (Å²) in [6, 6.07) is 10.1. The first-order valence-electron chi connectivity index (χ1n) is 7.31. The maximum Gasteiger partial charge on any atom is 0.342 e. The first-order chi connectivity index (χ1) is 11.5. The Morgan fingerprint density at radius 2 is 1.83 bits per heavy atom. The number of hydrogen-bond acceptors (Lipinski definition) is 5. The number of benzene rings is 1. The summed E-state index contributed by atoms with van der Waals surface area (Å²) in [4.78, 5) is 35.0. The summed E-state index contributed by atoms with van der Waals surface area (Å²) in [6.07, 6.45) is 0. The lowest BCUT2D eigenvalue weighted by Gasteiger charge is -2.07. The molecule has 0 saturated heterocycles. The fourth-order valence-corrected chi connectivity index (χ4v) is 2.03. The molecular weight excluding hydrogens is 312 g/mol. The minimum Gasteiger partial charge on any atom is -0.466 e. The number of furan rings is 1. The lowest BCUT2D eigenvalue weighted by molar-refractivity contribution is -0.123. The molecule has 0 radical (unpaired) electrons. The lowest BCUT2D eigenvalue weighted by atomic mass is 10.2. The molecule has 0 saturated carbocycles. The maximum atomic E-state index is 11.8. The summed E-state index contributed by atoms with van der Waals surface area (Å²) in [7, 11) is 0. The summed E-state index contributed by atoms with van der Waals surface area (Å²) in [5.41, 5.74) is 1.16. The Kier molecular flexibility index (Phi) is 5.73. The quantitative estimate of drug-likeness (QED) is 0.818. The molecule has 0 unspecified atom stereocenters. The molecule has 0 atom stereocenters. The van der Waals surface area contributed by atoms with Crippen LogP contribution in [0.25, 0.3) is 0 Å². The lowest BCUT2D eigenvalue weighted by Crippen LogP contribution is -2.41. The van der Waals surface area contributed by atoms with Crippen LogP contribution in [-0.2, 0) is 16.1 Å². The number of urea groups is 1. The Labute approximate surface area is 139 Å². The van der Waals surface area contributed by atoms with Gasteiger partial charge in [0.25, 0.3) is 5.91 Å². The minimum atomic E-state index is -0.716. The first-order valence-corrected chi connectivity index (χ1v) is 7.31. The molecule has 1 aromatic carbocycles. The predicted octanol–water partition coefficient (Wildman–Crippen LogP) is 2.08. The van der Waals surface area contributed by atoms with Gasteiger partial charge in [-0.15, -0.1) is 0 Å². The predicted molar refractivity (Wildman–Crippen MR) is 85.3 cm³/mol. The van der Waals surface area contributed by atoms with Crippen molar-refractivity contribution in [3.8, 4) is 0 Å². The van der Waals surface area contributed by atoms with Gasteiger partial charge >= 0.3 is 12.0 Å². The summed E-state index contributed by atoms with van der Waals surface area (Å²) >= 11 is 0. The molecule has 0 spiro atoms. The van der Waals surface area contributed by atoms with Gasteiger partial charge in [-0.2, -0.15) is 0 Å². The topological polar surface area (TPSA) is 97.6 Å². The number of amides is 3. The number of aryl methyl sites for hydroxylation is 2. The molecule has 2 N–H and O–H groups in total. The Balaban J connectivity index is 1.73. The Morgan fingerprint density at radius 3 is 2.46 bits per heavy atom. The van der Waals surface area contributed by atoms with Crippen LogP contribution in [0, 0.1) is 13.8 Å². The van der Waals surface area contributed by atoms with Crippen LogP contribution in [0.4, 0.5) is 4.79 Å². The number of nitrogens with one attached hydrogen (secondary N) is 2. The van der Waals surface area contributed by atoms with Gasteiger partial charge in [-0.05, 0) is 25.5 Å². The van der Waals surface area contributed by atoms with Gasteiger partial charge in [0.05, 0.1) is 0 Å². The van der Waals surface area contributed by atoms with Gasteiger partial charge in [0.1, 0.15) is 17.1 Å². The van der Waals surface area contributed by atoms with Crippen molar-refractivity contribution in [3.05, 3.63) is 59.0 Å². The SMILES string of the molecule is Cc1cc(C(=O)OCC(=O)NC(=O)NCc2ccccc2)c(C)o1.